The van der Waals surface area contributed by atoms with Gasteiger partial charge in [-0.1, -0.05) is 48.6 Å². The van der Waals surface area contributed by atoms with E-state index in [1.54, 1.807) is 0 Å². The van der Waals surface area contributed by atoms with E-state index >= 15 is 0 Å². The smallest absolute Gasteiger partial charge is 0.105 e. The molecule has 8 rings (SSSR count). The average Bonchev–Trinajstić information content (AvgIpc) is 3.60. The van der Waals surface area contributed by atoms with Gasteiger partial charge in [0.2, 0.25) is 0 Å². The van der Waals surface area contributed by atoms with Gasteiger partial charge in [-0.3, -0.25) is 4.90 Å². The molecule has 0 radical (unpaired) electrons. The van der Waals surface area contributed by atoms with Crippen molar-refractivity contribution in [2.45, 2.75) is 37.4 Å². The van der Waals surface area contributed by atoms with E-state index in [1.165, 1.54) is 0 Å². The molecule has 4 aliphatic rings. The first-order chi connectivity index (χ1) is 21.7. The second-order valence-electron chi connectivity index (χ2n) is 12.0. The van der Waals surface area contributed by atoms with E-state index in [0.29, 0.717) is 29.0 Å². The predicted octanol–water partition coefficient (Wildman–Crippen LogP) is 7.49. The van der Waals surface area contributed by atoms with Crippen LogP contribution in [0, 0.1) is 58.0 Å². The van der Waals surface area contributed by atoms with Crippen LogP contribution in [-0.2, 0) is 0 Å². The summed E-state index contributed by atoms with van der Waals surface area (Å²) in [6.45, 7) is 0. The zero-order valence-corrected chi connectivity index (χ0v) is 24.0. The maximum Gasteiger partial charge on any atom is 0.105 e. The van der Waals surface area contributed by atoms with Crippen LogP contribution < -0.4 is 0 Å². The first-order valence-electron chi connectivity index (χ1n) is 15.1. The summed E-state index contributed by atoms with van der Waals surface area (Å²) in [5.41, 5.74) is 6.72. The molecule has 0 N–H and O–H groups in total. The van der Waals surface area contributed by atoms with Gasteiger partial charge in [-0.25, -0.2) is 0 Å². The van der Waals surface area contributed by atoms with Gasteiger partial charge in [0, 0.05) is 52.0 Å². The van der Waals surface area contributed by atoms with Crippen LogP contribution in [0.1, 0.15) is 36.0 Å². The van der Waals surface area contributed by atoms with Crippen molar-refractivity contribution < 1.29 is 0 Å². The van der Waals surface area contributed by atoms with Crippen LogP contribution in [0.25, 0.3) is 33.1 Å². The first-order valence-corrected chi connectivity index (χ1v) is 15.1. The van der Waals surface area contributed by atoms with Crippen LogP contribution >= 0.6 is 0 Å². The van der Waals surface area contributed by atoms with Crippen LogP contribution in [0.15, 0.2) is 103 Å². The van der Waals surface area contributed by atoms with Gasteiger partial charge in [0.1, 0.15) is 5.52 Å². The fourth-order valence-corrected chi connectivity index (χ4v) is 7.88. The lowest BCUT2D eigenvalue weighted by Gasteiger charge is -2.38. The Hall–Kier alpha value is -5.59. The Bertz CT molecular complexity index is 2130. The number of nitriles is 3. The predicted molar refractivity (Wildman–Crippen MR) is 171 cm³/mol. The van der Waals surface area contributed by atoms with Crippen molar-refractivity contribution in [2.75, 3.05) is 0 Å². The highest BCUT2D eigenvalue weighted by Gasteiger charge is 2.49. The van der Waals surface area contributed by atoms with E-state index in [-0.39, 0.29) is 12.1 Å². The lowest BCUT2D eigenvalue weighted by molar-refractivity contribution is 0.157. The zero-order valence-electron chi connectivity index (χ0n) is 24.0. The summed E-state index contributed by atoms with van der Waals surface area (Å²) in [6, 6.07) is 29.9. The summed E-state index contributed by atoms with van der Waals surface area (Å²) < 4.78 is 2.12. The molecule has 0 bridgehead atoms. The lowest BCUT2D eigenvalue weighted by atomic mass is 9.80. The van der Waals surface area contributed by atoms with E-state index < -0.39 is 0 Å². The van der Waals surface area contributed by atoms with Gasteiger partial charge >= 0.3 is 0 Å². The highest BCUT2D eigenvalue weighted by molar-refractivity contribution is 6.09. The minimum Gasteiger partial charge on any atom is -0.302 e. The number of hydrogen-bond donors (Lipinski definition) is 0. The highest BCUT2D eigenvalue weighted by Crippen LogP contribution is 2.46. The number of likely N-dealkylation sites (tertiary alicyclic amines) is 1. The molecule has 44 heavy (non-hydrogen) atoms. The Kier molecular flexibility index (Phi) is 6.10. The fourth-order valence-electron chi connectivity index (χ4n) is 7.88. The maximum atomic E-state index is 10.1. The summed E-state index contributed by atoms with van der Waals surface area (Å²) in [5, 5.41) is 31.2. The number of benzene rings is 2. The summed E-state index contributed by atoms with van der Waals surface area (Å²) >= 11 is 0. The fraction of sp³-hybridized carbons (Fsp3) is 0.205. The molecule has 1 saturated heterocycles. The second kappa shape index (κ2) is 10.3. The normalized spacial score (nSPS) is 25.3. The number of hydrogen-bond acceptors (Lipinski definition) is 4. The molecule has 2 heterocycles. The summed E-state index contributed by atoms with van der Waals surface area (Å²) in [7, 11) is 0. The van der Waals surface area contributed by atoms with Crippen LogP contribution in [0.5, 0.6) is 0 Å². The van der Waals surface area contributed by atoms with Gasteiger partial charge in [0.15, 0.2) is 0 Å². The largest absolute Gasteiger partial charge is 0.302 e. The Morgan fingerprint density at radius 1 is 0.818 bits per heavy atom. The molecule has 5 unspecified atom stereocenters. The Morgan fingerprint density at radius 3 is 2.59 bits per heavy atom. The zero-order chi connectivity index (χ0) is 29.8. The van der Waals surface area contributed by atoms with Crippen molar-refractivity contribution in [3.05, 3.63) is 132 Å². The topological polar surface area (TPSA) is 79.5 Å². The highest BCUT2D eigenvalue weighted by atomic mass is 15.2. The second-order valence-corrected chi connectivity index (χ2v) is 12.0. The van der Waals surface area contributed by atoms with Gasteiger partial charge in [-0.15, -0.1) is 0 Å². The molecule has 3 aliphatic carbocycles. The first kappa shape index (κ1) is 26.1. The average molecular weight is 566 g/mol. The van der Waals surface area contributed by atoms with E-state index in [1.807, 2.05) is 48.5 Å². The standard InChI is InChI=1S/C39H27N5/c40-22-25-12-14-38-34(18-25)32-8-1-3-10-36(32)43(38)30-7-5-6-28(20-30)29-16-27(24-42)17-31(21-29)44-37-11-4-2-9-33(37)35-19-26(23-41)13-15-39(35)44/h1-2,5-6,8-9,12-21,30,32,34,36,38H,3,7,10H2. The van der Waals surface area contributed by atoms with E-state index in [9.17, 15) is 15.8 Å². The molecule has 1 fully saturated rings. The molecule has 1 aromatic heterocycles. The van der Waals surface area contributed by atoms with Crippen molar-refractivity contribution in [1.29, 1.82) is 15.8 Å². The summed E-state index contributed by atoms with van der Waals surface area (Å²) in [6.07, 6.45) is 21.0. The molecule has 5 nitrogen and oxygen atoms in total. The van der Waals surface area contributed by atoms with Crippen LogP contribution in [-0.4, -0.2) is 27.6 Å². The molecule has 0 amide bonds. The van der Waals surface area contributed by atoms with Gasteiger partial charge in [-0.2, -0.15) is 15.8 Å². The number of allylic oxidation sites excluding steroid dienone is 5. The maximum absolute atomic E-state index is 10.1. The summed E-state index contributed by atoms with van der Waals surface area (Å²) in [4.78, 5) is 2.68. The van der Waals surface area contributed by atoms with Gasteiger partial charge < -0.3 is 4.57 Å². The third-order valence-corrected chi connectivity index (χ3v) is 9.70. The number of aromatic nitrogens is 1. The Morgan fingerprint density at radius 2 is 1.73 bits per heavy atom. The number of nitrogens with zero attached hydrogens (tertiary/aromatic N) is 5. The van der Waals surface area contributed by atoms with E-state index in [0.717, 1.165) is 63.5 Å². The molecular weight excluding hydrogens is 538 g/mol. The van der Waals surface area contributed by atoms with Crippen molar-refractivity contribution in [3.63, 3.8) is 0 Å². The molecule has 5 heteroatoms. The molecule has 0 spiro atoms. The molecule has 4 aromatic rings. The Balaban J connectivity index is 1.23. The quantitative estimate of drug-likeness (QED) is 0.241. The van der Waals surface area contributed by atoms with Crippen LogP contribution in [0.3, 0.4) is 0 Å². The number of fused-ring (bicyclic) bond motifs is 6. The van der Waals surface area contributed by atoms with Crippen molar-refractivity contribution >= 4 is 27.4 Å². The number of rotatable bonds is 3. The van der Waals surface area contributed by atoms with Crippen molar-refractivity contribution in [3.8, 4) is 23.9 Å². The third-order valence-electron chi connectivity index (χ3n) is 9.70. The monoisotopic (exact) mass is 565 g/mol. The molecule has 208 valence electrons. The van der Waals surface area contributed by atoms with Crippen LogP contribution in [0.4, 0.5) is 0 Å². The Labute approximate surface area is 256 Å². The van der Waals surface area contributed by atoms with Gasteiger partial charge in [0.05, 0.1) is 34.9 Å². The SMILES string of the molecule is N#CC1=CC2C3C=CCCC3N(C3C=C(c4cc(C#N)cc(-n5c6c#cccc6c6cc(C#N)ccc65)c4)C=CC3)C2C=C1. The molecule has 0 saturated carbocycles. The van der Waals surface area contributed by atoms with Crippen molar-refractivity contribution in [2.24, 2.45) is 11.8 Å². The molecule has 3 aromatic carbocycles. The van der Waals surface area contributed by atoms with Gasteiger partial charge in [0.25, 0.3) is 0 Å². The minimum absolute atomic E-state index is 0.209. The molecule has 1 aliphatic heterocycles. The summed E-state index contributed by atoms with van der Waals surface area (Å²) in [5.74, 6) is 0.709. The van der Waals surface area contributed by atoms with E-state index in [2.05, 4.69) is 88.4 Å². The van der Waals surface area contributed by atoms with Crippen molar-refractivity contribution in [1.82, 2.24) is 9.47 Å². The third kappa shape index (κ3) is 4.03. The van der Waals surface area contributed by atoms with E-state index in [4.69, 9.17) is 0 Å². The molecular formula is C39H27N5. The lowest BCUT2D eigenvalue weighted by Crippen LogP contribution is -2.45. The minimum atomic E-state index is 0.209. The molecule has 5 atom stereocenters. The van der Waals surface area contributed by atoms with Gasteiger partial charge in [-0.05, 0) is 91.1 Å². The van der Waals surface area contributed by atoms with Crippen LogP contribution in [0.2, 0.25) is 0 Å².